The molecule has 6 rings (SSSR count). The maximum atomic E-state index is 12.9. The van der Waals surface area contributed by atoms with Crippen molar-refractivity contribution >= 4 is 79.8 Å². The van der Waals surface area contributed by atoms with E-state index in [1.165, 1.54) is 22.9 Å². The van der Waals surface area contributed by atoms with E-state index in [4.69, 9.17) is 46.4 Å². The van der Waals surface area contributed by atoms with Crippen LogP contribution in [0.1, 0.15) is 70.4 Å². The van der Waals surface area contributed by atoms with Crippen LogP contribution in [0.5, 0.6) is 0 Å². The van der Waals surface area contributed by atoms with E-state index in [-0.39, 0.29) is 42.5 Å². The molecule has 2 aliphatic rings. The molecule has 0 saturated carbocycles. The van der Waals surface area contributed by atoms with Crippen molar-refractivity contribution in [1.82, 2.24) is 9.80 Å². The summed E-state index contributed by atoms with van der Waals surface area (Å²) in [4.78, 5) is 29.6. The van der Waals surface area contributed by atoms with Crippen molar-refractivity contribution in [3.05, 3.63) is 137 Å². The van der Waals surface area contributed by atoms with Gasteiger partial charge < -0.3 is 9.80 Å². The second kappa shape index (κ2) is 17.6. The molecule has 0 aromatic heterocycles. The smallest absolute Gasteiger partial charge is 0.227 e. The van der Waals surface area contributed by atoms with E-state index in [9.17, 15) is 18.0 Å². The zero-order valence-corrected chi connectivity index (χ0v) is 34.3. The molecule has 4 aromatic carbocycles. The van der Waals surface area contributed by atoms with Crippen LogP contribution in [0.3, 0.4) is 0 Å². The molecule has 0 bridgehead atoms. The van der Waals surface area contributed by atoms with E-state index in [2.05, 4.69) is 31.4 Å². The molecule has 0 fully saturated rings. The predicted octanol–water partition coefficient (Wildman–Crippen LogP) is 9.77. The Hall–Kier alpha value is -2.72. The average Bonchev–Trinajstić information content (AvgIpc) is 3.09. The third-order valence-electron chi connectivity index (χ3n) is 9.80. The van der Waals surface area contributed by atoms with Crippen LogP contribution < -0.4 is 0 Å². The molecule has 52 heavy (non-hydrogen) atoms. The maximum Gasteiger partial charge on any atom is 0.227 e. The van der Waals surface area contributed by atoms with E-state index in [0.717, 1.165) is 35.4 Å². The number of carbonyl (C=O) groups excluding carboxylic acids is 2. The molecule has 12 heteroatoms. The van der Waals surface area contributed by atoms with Crippen molar-refractivity contribution in [2.75, 3.05) is 25.6 Å². The highest BCUT2D eigenvalue weighted by atomic mass is 35.5. The Kier molecular flexibility index (Phi) is 13.7. The zero-order chi connectivity index (χ0) is 37.7. The first-order chi connectivity index (χ1) is 24.7. The van der Waals surface area contributed by atoms with Gasteiger partial charge in [0.2, 0.25) is 11.8 Å². The van der Waals surface area contributed by atoms with E-state index >= 15 is 0 Å². The number of hydrogen-bond donors (Lipinski definition) is 0. The van der Waals surface area contributed by atoms with Crippen molar-refractivity contribution in [3.8, 4) is 0 Å². The summed E-state index contributed by atoms with van der Waals surface area (Å²) >= 11 is 26.7. The SMILES string of the molecule is CSCc1cccc2c1CCN(C(=O)Cc1c(Cl)cccc1Cl)[C@H]2C.C[C@H]1c2cccc(CS(C)(=O)=O)c2CCN1C(=O)Cc1c(Cl)cccc1Cl. The van der Waals surface area contributed by atoms with E-state index in [0.29, 0.717) is 44.2 Å². The summed E-state index contributed by atoms with van der Waals surface area (Å²) in [6.45, 7) is 5.34. The lowest BCUT2D eigenvalue weighted by atomic mass is 9.90. The number of halogens is 4. The highest BCUT2D eigenvalue weighted by Crippen LogP contribution is 2.35. The van der Waals surface area contributed by atoms with Crippen LogP contribution in [0.25, 0.3) is 0 Å². The molecule has 0 aliphatic carbocycles. The van der Waals surface area contributed by atoms with Gasteiger partial charge in [-0.1, -0.05) is 94.9 Å². The number of fused-ring (bicyclic) bond motifs is 2. The van der Waals surface area contributed by atoms with Crippen LogP contribution >= 0.6 is 58.2 Å². The average molecular weight is 821 g/mol. The molecule has 276 valence electrons. The summed E-state index contributed by atoms with van der Waals surface area (Å²) in [5.41, 5.74) is 8.26. The van der Waals surface area contributed by atoms with E-state index in [1.807, 2.05) is 46.7 Å². The lowest BCUT2D eigenvalue weighted by Gasteiger charge is -2.36. The Morgan fingerprint density at radius 2 is 1.06 bits per heavy atom. The first kappa shape index (κ1) is 40.5. The summed E-state index contributed by atoms with van der Waals surface area (Å²) in [6, 6.07) is 22.6. The lowest BCUT2D eigenvalue weighted by Crippen LogP contribution is -2.40. The Balaban J connectivity index is 0.000000202. The fourth-order valence-corrected chi connectivity index (χ4v) is 9.67. The van der Waals surface area contributed by atoms with Crippen LogP contribution in [0.15, 0.2) is 72.8 Å². The van der Waals surface area contributed by atoms with Crippen LogP contribution in [-0.4, -0.2) is 55.6 Å². The second-order valence-electron chi connectivity index (χ2n) is 13.3. The summed E-state index contributed by atoms with van der Waals surface area (Å²) in [6.07, 6.45) is 5.27. The van der Waals surface area contributed by atoms with Gasteiger partial charge in [-0.2, -0.15) is 11.8 Å². The number of sulfone groups is 1. The quantitative estimate of drug-likeness (QED) is 0.177. The summed E-state index contributed by atoms with van der Waals surface area (Å²) in [5, 5.41) is 2.06. The van der Waals surface area contributed by atoms with Gasteiger partial charge in [0.1, 0.15) is 0 Å². The summed E-state index contributed by atoms with van der Waals surface area (Å²) in [7, 11) is -3.12. The second-order valence-corrected chi connectivity index (χ2v) is 17.9. The van der Waals surface area contributed by atoms with E-state index in [1.54, 1.807) is 36.4 Å². The number of nitrogens with zero attached hydrogens (tertiary/aromatic N) is 2. The topological polar surface area (TPSA) is 74.8 Å². The van der Waals surface area contributed by atoms with Gasteiger partial charge in [-0.3, -0.25) is 9.59 Å². The van der Waals surface area contributed by atoms with Crippen molar-refractivity contribution in [2.24, 2.45) is 0 Å². The van der Waals surface area contributed by atoms with Gasteiger partial charge in [-0.05, 0) is 102 Å². The Morgan fingerprint density at radius 3 is 1.46 bits per heavy atom. The van der Waals surface area contributed by atoms with Crippen molar-refractivity contribution in [2.45, 2.75) is 63.1 Å². The van der Waals surface area contributed by atoms with Gasteiger partial charge in [0.25, 0.3) is 0 Å². The summed E-state index contributed by atoms with van der Waals surface area (Å²) < 4.78 is 23.4. The lowest BCUT2D eigenvalue weighted by molar-refractivity contribution is -0.133. The fraction of sp³-hybridized carbons (Fsp3) is 0.350. The number of amides is 2. The largest absolute Gasteiger partial charge is 0.335 e. The minimum Gasteiger partial charge on any atom is -0.335 e. The molecule has 0 radical (unpaired) electrons. The molecule has 0 unspecified atom stereocenters. The monoisotopic (exact) mass is 818 g/mol. The molecule has 2 atom stereocenters. The molecule has 2 amide bonds. The Bertz CT molecular complexity index is 2030. The van der Waals surface area contributed by atoms with Crippen molar-refractivity contribution in [1.29, 1.82) is 0 Å². The normalized spacial score (nSPS) is 16.8. The predicted molar refractivity (Wildman–Crippen MR) is 217 cm³/mol. The molecular formula is C40H42Cl4N2O4S2. The van der Waals surface area contributed by atoms with Crippen LogP contribution in [0.2, 0.25) is 20.1 Å². The molecule has 4 aromatic rings. The van der Waals surface area contributed by atoms with Crippen LogP contribution in [0, 0.1) is 0 Å². The van der Waals surface area contributed by atoms with Gasteiger partial charge >= 0.3 is 0 Å². The fourth-order valence-electron chi connectivity index (χ4n) is 7.19. The molecule has 0 saturated heterocycles. The minimum atomic E-state index is -3.12. The molecule has 6 nitrogen and oxygen atoms in total. The number of benzene rings is 4. The number of hydrogen-bond acceptors (Lipinski definition) is 5. The zero-order valence-electron chi connectivity index (χ0n) is 29.6. The van der Waals surface area contributed by atoms with Gasteiger partial charge in [0, 0.05) is 45.2 Å². The van der Waals surface area contributed by atoms with Gasteiger partial charge in [0.05, 0.1) is 30.7 Å². The van der Waals surface area contributed by atoms with Crippen LogP contribution in [-0.2, 0) is 56.6 Å². The molecule has 2 aliphatic heterocycles. The third-order valence-corrected chi connectivity index (χ3v) is 12.6. The molecule has 0 N–H and O–H groups in total. The first-order valence-corrected chi connectivity index (χ1v) is 22.0. The minimum absolute atomic E-state index is 0.0199. The number of carbonyl (C=O) groups is 2. The van der Waals surface area contributed by atoms with Gasteiger partial charge in [0.15, 0.2) is 9.84 Å². The first-order valence-electron chi connectivity index (χ1n) is 17.0. The maximum absolute atomic E-state index is 12.9. The third kappa shape index (κ3) is 9.49. The van der Waals surface area contributed by atoms with E-state index < -0.39 is 9.84 Å². The summed E-state index contributed by atoms with van der Waals surface area (Å²) in [5.74, 6) is 1.06. The highest BCUT2D eigenvalue weighted by molar-refractivity contribution is 7.97. The van der Waals surface area contributed by atoms with Crippen molar-refractivity contribution < 1.29 is 18.0 Å². The number of rotatable bonds is 8. The molecular weight excluding hydrogens is 778 g/mol. The van der Waals surface area contributed by atoms with Crippen LogP contribution in [0.4, 0.5) is 0 Å². The highest BCUT2D eigenvalue weighted by Gasteiger charge is 2.31. The molecule has 2 heterocycles. The Labute approximate surface area is 331 Å². The van der Waals surface area contributed by atoms with Gasteiger partial charge in [-0.25, -0.2) is 8.42 Å². The molecule has 0 spiro atoms. The number of thioether (sulfide) groups is 1. The van der Waals surface area contributed by atoms with Crippen molar-refractivity contribution in [3.63, 3.8) is 0 Å². The Morgan fingerprint density at radius 1 is 0.673 bits per heavy atom. The standard InChI is InChI=1S/C20H21Cl2NO3S.C20H21Cl2NOS/c1-13-15-6-3-5-14(12-27(2,25)26)16(15)9-10-23(13)20(24)11-17-18(21)7-4-8-19(17)22;1-13-15-6-3-5-14(12-25-2)16(15)9-10-23(13)20(24)11-17-18(21)7-4-8-19(17)22/h3-8,13H,9-12H2,1-2H3;3-8,13H,9-12H2,1-2H3/t2*13-/m00/s1. The van der Waals surface area contributed by atoms with Gasteiger partial charge in [-0.15, -0.1) is 0 Å².